The first-order valence-electron chi connectivity index (χ1n) is 10.2. The molecule has 5 rings (SSSR count). The number of pyridine rings is 1. The number of hydrogen-bond donors (Lipinski definition) is 0. The lowest BCUT2D eigenvalue weighted by molar-refractivity contribution is -0.121. The zero-order valence-electron chi connectivity index (χ0n) is 17.6. The van der Waals surface area contributed by atoms with Gasteiger partial charge in [0.25, 0.3) is 5.91 Å². The zero-order valence-corrected chi connectivity index (χ0v) is 19.2. The summed E-state index contributed by atoms with van der Waals surface area (Å²) in [5, 5.41) is 1.37. The predicted molar refractivity (Wildman–Crippen MR) is 129 cm³/mol. The number of rotatable bonds is 5. The van der Waals surface area contributed by atoms with E-state index in [0.29, 0.717) is 22.0 Å². The highest BCUT2D eigenvalue weighted by Gasteiger charge is 2.28. The van der Waals surface area contributed by atoms with Crippen LogP contribution in [-0.2, 0) is 4.79 Å². The third kappa shape index (κ3) is 4.25. The Morgan fingerprint density at radius 1 is 1.15 bits per heavy atom. The van der Waals surface area contributed by atoms with Crippen LogP contribution >= 0.6 is 22.9 Å². The number of carbonyl (C=O) groups is 2. The van der Waals surface area contributed by atoms with E-state index in [1.54, 1.807) is 41.8 Å². The highest BCUT2D eigenvalue weighted by molar-refractivity contribution is 7.15. The molecule has 3 heterocycles. The van der Waals surface area contributed by atoms with Crippen LogP contribution in [0.4, 0.5) is 5.69 Å². The van der Waals surface area contributed by atoms with Gasteiger partial charge >= 0.3 is 0 Å². The lowest BCUT2D eigenvalue weighted by Crippen LogP contribution is -2.42. The number of amides is 1. The molecule has 33 heavy (non-hydrogen) atoms. The first kappa shape index (κ1) is 21.3. The third-order valence-corrected chi connectivity index (χ3v) is 6.57. The molecule has 0 radical (unpaired) electrons. The molecular weight excluding hydrogens is 458 g/mol. The van der Waals surface area contributed by atoms with Crippen LogP contribution in [0.1, 0.15) is 15.2 Å². The van der Waals surface area contributed by atoms with Gasteiger partial charge in [0.15, 0.2) is 12.4 Å². The number of aromatic nitrogens is 2. The second-order valence-electron chi connectivity index (χ2n) is 7.52. The molecule has 164 valence electrons. The lowest BCUT2D eigenvalue weighted by atomic mass is 10.1. The molecule has 1 aliphatic heterocycles. The van der Waals surface area contributed by atoms with E-state index in [1.807, 2.05) is 43.3 Å². The summed E-state index contributed by atoms with van der Waals surface area (Å²) in [4.78, 5) is 37.2. The molecule has 2 aromatic carbocycles. The molecule has 0 saturated carbocycles. The van der Waals surface area contributed by atoms with Crippen molar-refractivity contribution in [2.24, 2.45) is 0 Å². The number of hydrogen-bond acceptors (Lipinski definition) is 6. The van der Waals surface area contributed by atoms with Gasteiger partial charge in [0.1, 0.15) is 10.8 Å². The van der Waals surface area contributed by atoms with E-state index in [1.165, 1.54) is 4.90 Å². The smallest absolute Gasteiger partial charge is 0.265 e. The molecule has 4 aromatic rings. The van der Waals surface area contributed by atoms with E-state index in [2.05, 4.69) is 4.98 Å². The van der Waals surface area contributed by atoms with Gasteiger partial charge in [-0.15, -0.1) is 11.3 Å². The molecule has 0 spiro atoms. The molecule has 6 nitrogen and oxygen atoms in total. The number of carbonyl (C=O) groups excluding carboxylic acids is 2. The highest BCUT2D eigenvalue weighted by atomic mass is 35.5. The quantitative estimate of drug-likeness (QED) is 0.359. The third-order valence-electron chi connectivity index (χ3n) is 5.32. The van der Waals surface area contributed by atoms with Crippen LogP contribution in [0.25, 0.3) is 22.0 Å². The Labute approximate surface area is 199 Å². The van der Waals surface area contributed by atoms with Crippen LogP contribution in [0.15, 0.2) is 66.9 Å². The number of halogens is 1. The van der Waals surface area contributed by atoms with Crippen molar-refractivity contribution < 1.29 is 14.3 Å². The minimum atomic E-state index is -0.272. The van der Waals surface area contributed by atoms with E-state index < -0.39 is 0 Å². The van der Waals surface area contributed by atoms with E-state index in [4.69, 9.17) is 21.3 Å². The minimum absolute atomic E-state index is 0.0878. The Morgan fingerprint density at radius 3 is 2.73 bits per heavy atom. The van der Waals surface area contributed by atoms with Crippen LogP contribution in [0, 0.1) is 6.92 Å². The second-order valence-corrected chi connectivity index (χ2v) is 9.16. The highest BCUT2D eigenvalue weighted by Crippen LogP contribution is 2.39. The fraction of sp³-hybridized carbons (Fsp3) is 0.120. The molecule has 0 bridgehead atoms. The summed E-state index contributed by atoms with van der Waals surface area (Å²) in [6.07, 6.45) is 1.74. The van der Waals surface area contributed by atoms with Gasteiger partial charge in [0, 0.05) is 27.2 Å². The topological polar surface area (TPSA) is 72.4 Å². The summed E-state index contributed by atoms with van der Waals surface area (Å²) in [5.74, 6) is 0.103. The zero-order chi connectivity index (χ0) is 22.9. The number of anilines is 1. The lowest BCUT2D eigenvalue weighted by Gasteiger charge is -2.29. The molecular formula is C25H18ClN3O3S. The predicted octanol–water partition coefficient (Wildman–Crippen LogP) is 5.44. The van der Waals surface area contributed by atoms with E-state index in [-0.39, 0.29) is 24.8 Å². The van der Waals surface area contributed by atoms with Crippen molar-refractivity contribution in [2.45, 2.75) is 6.92 Å². The van der Waals surface area contributed by atoms with Gasteiger partial charge in [-0.25, -0.2) is 4.98 Å². The van der Waals surface area contributed by atoms with E-state index >= 15 is 0 Å². The number of ether oxygens (including phenoxy) is 1. The molecule has 1 amide bonds. The number of benzene rings is 2. The van der Waals surface area contributed by atoms with Crippen molar-refractivity contribution in [3.8, 4) is 27.7 Å². The summed E-state index contributed by atoms with van der Waals surface area (Å²) in [6.45, 7) is 1.80. The fourth-order valence-electron chi connectivity index (χ4n) is 3.66. The van der Waals surface area contributed by atoms with Gasteiger partial charge in [-0.3, -0.25) is 19.5 Å². The van der Waals surface area contributed by atoms with Crippen LogP contribution in [0.2, 0.25) is 5.02 Å². The number of nitrogens with zero attached hydrogens (tertiary/aromatic N) is 3. The maximum Gasteiger partial charge on any atom is 0.265 e. The fourth-order valence-corrected chi connectivity index (χ4v) is 4.69. The van der Waals surface area contributed by atoms with Gasteiger partial charge in [-0.05, 0) is 61.5 Å². The molecule has 0 atom stereocenters. The summed E-state index contributed by atoms with van der Waals surface area (Å²) in [6, 6.07) is 17.9. The van der Waals surface area contributed by atoms with Crippen LogP contribution in [-0.4, -0.2) is 34.8 Å². The normalized spacial score (nSPS) is 12.9. The number of ketones is 1. The minimum Gasteiger partial charge on any atom is -0.482 e. The van der Waals surface area contributed by atoms with Gasteiger partial charge in [0.2, 0.25) is 0 Å². The monoisotopic (exact) mass is 475 g/mol. The average Bonchev–Trinajstić information content (AvgIpc) is 3.23. The first-order chi connectivity index (χ1) is 16.0. The summed E-state index contributed by atoms with van der Waals surface area (Å²) >= 11 is 7.49. The first-order valence-corrected chi connectivity index (χ1v) is 11.4. The van der Waals surface area contributed by atoms with Crippen molar-refractivity contribution in [3.05, 3.63) is 82.3 Å². The second kappa shape index (κ2) is 8.77. The van der Waals surface area contributed by atoms with Crippen molar-refractivity contribution in [2.75, 3.05) is 18.1 Å². The van der Waals surface area contributed by atoms with Gasteiger partial charge in [-0.2, -0.15) is 0 Å². The summed E-state index contributed by atoms with van der Waals surface area (Å²) < 4.78 is 5.62. The number of Topliss-reactive ketones (excluding diaryl/α,β-unsaturated/α-hetero) is 1. The summed E-state index contributed by atoms with van der Waals surface area (Å²) in [5.41, 5.74) is 3.51. The summed E-state index contributed by atoms with van der Waals surface area (Å²) in [7, 11) is 0. The van der Waals surface area contributed by atoms with Crippen LogP contribution < -0.4 is 9.64 Å². The van der Waals surface area contributed by atoms with Crippen molar-refractivity contribution in [1.82, 2.24) is 9.97 Å². The van der Waals surface area contributed by atoms with Gasteiger partial charge in [-0.1, -0.05) is 17.7 Å². The Morgan fingerprint density at radius 2 is 1.97 bits per heavy atom. The average molecular weight is 476 g/mol. The van der Waals surface area contributed by atoms with Crippen LogP contribution in [0.3, 0.4) is 0 Å². The SMILES string of the molecule is Cc1sc(-c2ccccn2)nc1-c1ccc2c(c1)N(CC(=O)c1ccc(Cl)cc1)C(=O)CO2. The van der Waals surface area contributed by atoms with Crippen molar-refractivity contribution in [3.63, 3.8) is 0 Å². The molecule has 2 aromatic heterocycles. The van der Waals surface area contributed by atoms with Crippen molar-refractivity contribution in [1.29, 1.82) is 0 Å². The molecule has 0 unspecified atom stereocenters. The Bertz CT molecular complexity index is 1350. The maximum absolute atomic E-state index is 12.9. The molecule has 0 saturated heterocycles. The Hall–Kier alpha value is -3.55. The molecule has 0 fully saturated rings. The van der Waals surface area contributed by atoms with Crippen molar-refractivity contribution >= 4 is 40.3 Å². The maximum atomic E-state index is 12.9. The number of thiazole rings is 1. The molecule has 1 aliphatic rings. The van der Waals surface area contributed by atoms with E-state index in [9.17, 15) is 9.59 Å². The number of aryl methyl sites for hydroxylation is 1. The standard InChI is InChI=1S/C25H18ClN3O3S/c1-15-24(28-25(33-15)19-4-2-3-11-27-19)17-7-10-22-20(12-17)29(23(31)14-32-22)13-21(30)16-5-8-18(26)9-6-16/h2-12H,13-14H2,1H3. The molecule has 8 heteroatoms. The van der Waals surface area contributed by atoms with Crippen LogP contribution in [0.5, 0.6) is 5.75 Å². The number of fused-ring (bicyclic) bond motifs is 1. The van der Waals surface area contributed by atoms with E-state index in [0.717, 1.165) is 26.8 Å². The Balaban J connectivity index is 1.49. The Kier molecular flexibility index (Phi) is 5.66. The van der Waals surface area contributed by atoms with Gasteiger partial charge in [0.05, 0.1) is 23.6 Å². The largest absolute Gasteiger partial charge is 0.482 e. The van der Waals surface area contributed by atoms with Gasteiger partial charge < -0.3 is 4.74 Å². The molecule has 0 N–H and O–H groups in total. The molecule has 0 aliphatic carbocycles.